The number of aliphatic carboxylic acids is 2. The molecule has 5 aliphatic rings. The summed E-state index contributed by atoms with van der Waals surface area (Å²) in [6, 6.07) is 0. The van der Waals surface area contributed by atoms with Crippen molar-refractivity contribution in [3.8, 4) is 0 Å². The van der Waals surface area contributed by atoms with Gasteiger partial charge in [0.25, 0.3) is 0 Å². The molecular weight excluding hydrogens is 520 g/mol. The van der Waals surface area contributed by atoms with E-state index in [1.165, 1.54) is 5.57 Å². The fourth-order valence-electron chi connectivity index (χ4n) is 11.0. The molecule has 0 amide bonds. The summed E-state index contributed by atoms with van der Waals surface area (Å²) in [6.45, 7) is 15.5. The maximum atomic E-state index is 14.5. The van der Waals surface area contributed by atoms with Crippen LogP contribution in [0.4, 0.5) is 0 Å². The topological polar surface area (TPSA) is 118 Å². The van der Waals surface area contributed by atoms with Crippen LogP contribution in [0.3, 0.4) is 0 Å². The molecule has 228 valence electrons. The second-order valence-electron chi connectivity index (χ2n) is 16.3. The van der Waals surface area contributed by atoms with Crippen molar-refractivity contribution in [3.05, 3.63) is 11.6 Å². The van der Waals surface area contributed by atoms with Crippen molar-refractivity contribution in [2.75, 3.05) is 0 Å². The van der Waals surface area contributed by atoms with Crippen molar-refractivity contribution in [3.63, 3.8) is 0 Å². The first-order chi connectivity index (χ1) is 18.8. The van der Waals surface area contributed by atoms with Gasteiger partial charge in [-0.05, 0) is 104 Å². The van der Waals surface area contributed by atoms with Crippen LogP contribution in [0.5, 0.6) is 0 Å². The first-order valence-corrected chi connectivity index (χ1v) is 15.7. The standard InChI is InChI=1S/C34H50O7/c1-29(2)23-10-13-34(7)27(32(23,5)12-11-24(29)41-26(38)9-8-25(36)37)22(35)18-20-21-19-31(4,28(39)40)15-14-30(21,3)16-17-33(20,34)6/h18,21,23-24,27H,8-17,19H2,1-7H3,(H,36,37)(H,39,40)/t21?,23?,24-,27?,30?,31-,32-,33+,34+/m0/s1. The zero-order chi connectivity index (χ0) is 30.4. The van der Waals surface area contributed by atoms with Gasteiger partial charge in [0.15, 0.2) is 5.78 Å². The van der Waals surface area contributed by atoms with E-state index in [1.807, 2.05) is 13.0 Å². The van der Waals surface area contributed by atoms with Gasteiger partial charge in [0.2, 0.25) is 0 Å². The van der Waals surface area contributed by atoms with Crippen molar-refractivity contribution < 1.29 is 34.1 Å². The molecule has 0 aromatic rings. The van der Waals surface area contributed by atoms with Crippen LogP contribution in [0, 0.1) is 50.2 Å². The lowest BCUT2D eigenvalue weighted by Gasteiger charge is -2.70. The summed E-state index contributed by atoms with van der Waals surface area (Å²) < 4.78 is 5.91. The van der Waals surface area contributed by atoms with Crippen molar-refractivity contribution in [1.82, 2.24) is 0 Å². The molecule has 0 bridgehead atoms. The third kappa shape index (κ3) is 4.25. The van der Waals surface area contributed by atoms with Crippen molar-refractivity contribution >= 4 is 23.7 Å². The molecule has 0 radical (unpaired) electrons. The maximum Gasteiger partial charge on any atom is 0.309 e. The van der Waals surface area contributed by atoms with E-state index in [0.29, 0.717) is 19.3 Å². The highest BCUT2D eigenvalue weighted by Crippen LogP contribution is 2.75. The van der Waals surface area contributed by atoms with E-state index in [4.69, 9.17) is 9.84 Å². The van der Waals surface area contributed by atoms with Crippen LogP contribution in [0.25, 0.3) is 0 Å². The Bertz CT molecular complexity index is 1200. The van der Waals surface area contributed by atoms with Gasteiger partial charge in [0, 0.05) is 11.3 Å². The van der Waals surface area contributed by atoms with E-state index in [0.717, 1.165) is 38.5 Å². The van der Waals surface area contributed by atoms with E-state index >= 15 is 0 Å². The summed E-state index contributed by atoms with van der Waals surface area (Å²) in [5.41, 5.74) is -0.553. The summed E-state index contributed by atoms with van der Waals surface area (Å²) in [6.07, 6.45) is 8.80. The van der Waals surface area contributed by atoms with Crippen molar-refractivity contribution in [2.45, 2.75) is 125 Å². The number of carboxylic acids is 2. The summed E-state index contributed by atoms with van der Waals surface area (Å²) >= 11 is 0. The Labute approximate surface area is 244 Å². The van der Waals surface area contributed by atoms with Crippen LogP contribution in [0.2, 0.25) is 0 Å². The molecule has 0 aromatic heterocycles. The molecule has 41 heavy (non-hydrogen) atoms. The van der Waals surface area contributed by atoms with Gasteiger partial charge in [-0.1, -0.05) is 47.1 Å². The fourth-order valence-corrected chi connectivity index (χ4v) is 11.0. The SMILES string of the molecule is CC12CC[C@](C)(C(=O)O)CC1C1=CC(=O)C3[C@@]4(C)CC[C@H](OC(=O)CCC(=O)O)C(C)(C)C4CC[C@@]3(C)[C@]1(C)CC2. The Hall–Kier alpha value is -2.18. The van der Waals surface area contributed by atoms with Crippen molar-refractivity contribution in [1.29, 1.82) is 0 Å². The van der Waals surface area contributed by atoms with Crippen molar-refractivity contribution in [2.24, 2.45) is 50.2 Å². The largest absolute Gasteiger partial charge is 0.481 e. The summed E-state index contributed by atoms with van der Waals surface area (Å²) in [4.78, 5) is 50.3. The number of allylic oxidation sites excluding steroid dienone is 2. The van der Waals surface area contributed by atoms with Crippen LogP contribution >= 0.6 is 0 Å². The lowest BCUT2D eigenvalue weighted by molar-refractivity contribution is -0.211. The zero-order valence-electron chi connectivity index (χ0n) is 26.1. The highest BCUT2D eigenvalue weighted by atomic mass is 16.5. The van der Waals surface area contributed by atoms with Gasteiger partial charge in [-0.2, -0.15) is 0 Å². The van der Waals surface area contributed by atoms with E-state index in [-0.39, 0.29) is 69.6 Å². The number of carbonyl (C=O) groups excluding carboxylic acids is 2. The van der Waals surface area contributed by atoms with E-state index < -0.39 is 23.3 Å². The Morgan fingerprint density at radius 1 is 0.878 bits per heavy atom. The van der Waals surface area contributed by atoms with Crippen LogP contribution in [0.1, 0.15) is 119 Å². The average molecular weight is 571 g/mol. The number of esters is 1. The second kappa shape index (κ2) is 9.41. The molecule has 4 fully saturated rings. The Kier molecular flexibility index (Phi) is 6.95. The summed E-state index contributed by atoms with van der Waals surface area (Å²) in [5.74, 6) is -1.87. The van der Waals surface area contributed by atoms with Crippen LogP contribution in [0.15, 0.2) is 11.6 Å². The van der Waals surface area contributed by atoms with Gasteiger partial charge in [0.05, 0.1) is 18.3 Å². The summed E-state index contributed by atoms with van der Waals surface area (Å²) in [5, 5.41) is 19.1. The predicted octanol–water partition coefficient (Wildman–Crippen LogP) is 6.83. The average Bonchev–Trinajstić information content (AvgIpc) is 2.86. The molecule has 0 saturated heterocycles. The minimum atomic E-state index is -1.01. The minimum Gasteiger partial charge on any atom is -0.481 e. The molecule has 5 rings (SSSR count). The normalized spacial score (nSPS) is 46.6. The van der Waals surface area contributed by atoms with Crippen LogP contribution < -0.4 is 0 Å². The molecule has 9 atom stereocenters. The molecule has 0 spiro atoms. The number of hydrogen-bond donors (Lipinski definition) is 2. The number of carbonyl (C=O) groups is 4. The summed E-state index contributed by atoms with van der Waals surface area (Å²) in [7, 11) is 0. The van der Waals surface area contributed by atoms with E-state index in [1.54, 1.807) is 0 Å². The number of carboxylic acid groups (broad SMARTS) is 2. The quantitative estimate of drug-likeness (QED) is 0.348. The predicted molar refractivity (Wildman–Crippen MR) is 154 cm³/mol. The number of fused-ring (bicyclic) bond motifs is 7. The van der Waals surface area contributed by atoms with Gasteiger partial charge in [-0.15, -0.1) is 0 Å². The lowest BCUT2D eigenvalue weighted by Crippen LogP contribution is -2.66. The molecular formula is C34H50O7. The number of ether oxygens (including phenoxy) is 1. The maximum absolute atomic E-state index is 14.5. The Balaban J connectivity index is 1.49. The molecule has 2 N–H and O–H groups in total. The van der Waals surface area contributed by atoms with Gasteiger partial charge in [0.1, 0.15) is 6.10 Å². The highest BCUT2D eigenvalue weighted by Gasteiger charge is 2.70. The molecule has 5 aliphatic carbocycles. The number of ketones is 1. The smallest absolute Gasteiger partial charge is 0.309 e. The third-order valence-corrected chi connectivity index (χ3v) is 13.8. The molecule has 0 aliphatic heterocycles. The molecule has 7 nitrogen and oxygen atoms in total. The van der Waals surface area contributed by atoms with Gasteiger partial charge >= 0.3 is 17.9 Å². The minimum absolute atomic E-state index is 0.0233. The first-order valence-electron chi connectivity index (χ1n) is 15.7. The highest BCUT2D eigenvalue weighted by molar-refractivity contribution is 5.95. The van der Waals surface area contributed by atoms with Crippen LogP contribution in [-0.2, 0) is 23.9 Å². The molecule has 7 heteroatoms. The molecule has 0 heterocycles. The first kappa shape index (κ1) is 30.3. The van der Waals surface area contributed by atoms with Gasteiger partial charge in [-0.25, -0.2) is 0 Å². The van der Waals surface area contributed by atoms with Gasteiger partial charge < -0.3 is 14.9 Å². The monoisotopic (exact) mass is 570 g/mol. The third-order valence-electron chi connectivity index (χ3n) is 13.8. The molecule has 4 unspecified atom stereocenters. The zero-order valence-corrected chi connectivity index (χ0v) is 26.1. The lowest BCUT2D eigenvalue weighted by atomic mass is 9.33. The van der Waals surface area contributed by atoms with E-state index in [9.17, 15) is 24.3 Å². The van der Waals surface area contributed by atoms with Gasteiger partial charge in [-0.3, -0.25) is 19.2 Å². The number of hydrogen-bond acceptors (Lipinski definition) is 5. The van der Waals surface area contributed by atoms with E-state index in [2.05, 4.69) is 41.5 Å². The molecule has 4 saturated carbocycles. The van der Waals surface area contributed by atoms with Crippen LogP contribution in [-0.4, -0.2) is 40.0 Å². The molecule has 0 aromatic carbocycles. The fraction of sp³-hybridized carbons (Fsp3) is 0.824. The second-order valence-corrected chi connectivity index (χ2v) is 16.3. The number of rotatable bonds is 5. The Morgan fingerprint density at radius 2 is 1.54 bits per heavy atom. The Morgan fingerprint density at radius 3 is 2.17 bits per heavy atom.